The lowest BCUT2D eigenvalue weighted by Crippen LogP contribution is -2.52. The van der Waals surface area contributed by atoms with E-state index in [1.807, 2.05) is 41.5 Å². The van der Waals surface area contributed by atoms with Gasteiger partial charge < -0.3 is 34.6 Å². The molecule has 3 saturated heterocycles. The molecule has 3 aliphatic heterocycles. The zero-order valence-corrected chi connectivity index (χ0v) is 62.7. The first-order valence-corrected chi connectivity index (χ1v) is 41.1. The number of sulfonamides is 3. The van der Waals surface area contributed by atoms with Gasteiger partial charge in [0.1, 0.15) is 11.6 Å². The summed E-state index contributed by atoms with van der Waals surface area (Å²) in [5, 5.41) is 8.45. The highest BCUT2D eigenvalue weighted by molar-refractivity contribution is 9.10. The Balaban J connectivity index is 0.000000312. The fraction of sp³-hybridized carbons (Fsp3) is 0.600. The first kappa shape index (κ1) is 80.4. The van der Waals surface area contributed by atoms with Crippen molar-refractivity contribution >= 4 is 92.2 Å². The van der Waals surface area contributed by atoms with Gasteiger partial charge in [0.2, 0.25) is 59.3 Å². The van der Waals surface area contributed by atoms with Gasteiger partial charge in [0.05, 0.1) is 23.8 Å². The molecule has 3 fully saturated rings. The molecule has 526 valence electrons. The third kappa shape index (κ3) is 21.2. The van der Waals surface area contributed by atoms with Crippen molar-refractivity contribution in [3.8, 4) is 11.5 Å². The molecule has 7 rings (SSSR count). The van der Waals surface area contributed by atoms with Crippen LogP contribution in [0.5, 0.6) is 11.5 Å². The number of anilines is 1. The van der Waals surface area contributed by atoms with E-state index in [2.05, 4.69) is 92.8 Å². The maximum absolute atomic E-state index is 14.0. The molecule has 0 unspecified atom stereocenters. The Labute approximate surface area is 562 Å². The first-order chi connectivity index (χ1) is 43.7. The number of nitrogens with one attached hydrogen (secondary N) is 5. The number of rotatable bonds is 17. The van der Waals surface area contributed by atoms with Crippen LogP contribution in [0.2, 0.25) is 33.2 Å². The second-order valence-corrected chi connectivity index (χ2v) is 42.2. The maximum Gasteiger partial charge on any atom is 0.296 e. The van der Waals surface area contributed by atoms with Crippen LogP contribution >= 0.6 is 15.9 Å². The highest BCUT2D eigenvalue weighted by Gasteiger charge is 2.50. The molecule has 0 atom stereocenters. The summed E-state index contributed by atoms with van der Waals surface area (Å²) in [5.41, 5.74) is 0.750. The Morgan fingerprint density at radius 3 is 1.37 bits per heavy atom. The van der Waals surface area contributed by atoms with Gasteiger partial charge in [-0.05, 0) is 84.6 Å². The van der Waals surface area contributed by atoms with Gasteiger partial charge in [0.25, 0.3) is 39.6 Å². The minimum absolute atomic E-state index is 0.000391. The van der Waals surface area contributed by atoms with Gasteiger partial charge in [-0.25, -0.2) is 57.8 Å². The van der Waals surface area contributed by atoms with E-state index < -0.39 is 75.5 Å². The van der Waals surface area contributed by atoms with Crippen LogP contribution in [0.25, 0.3) is 0 Å². The Kier molecular flexibility index (Phi) is 29.8. The number of carbonyl (C=O) groups is 4. The monoisotopic (exact) mass is 1480 g/mol. The predicted molar refractivity (Wildman–Crippen MR) is 367 cm³/mol. The summed E-state index contributed by atoms with van der Waals surface area (Å²) < 4.78 is 118. The van der Waals surface area contributed by atoms with Gasteiger partial charge in [-0.1, -0.05) is 107 Å². The summed E-state index contributed by atoms with van der Waals surface area (Å²) in [6.45, 7) is 30.7. The largest absolute Gasteiger partial charge is 0.537 e. The summed E-state index contributed by atoms with van der Waals surface area (Å²) >= 11 is 3.26. The zero-order valence-electron chi connectivity index (χ0n) is 56.7. The van der Waals surface area contributed by atoms with E-state index in [1.54, 1.807) is 19.2 Å². The van der Waals surface area contributed by atoms with Crippen LogP contribution in [0.1, 0.15) is 129 Å². The lowest BCUT2D eigenvalue weighted by atomic mass is 10.2. The zero-order chi connectivity index (χ0) is 71.0. The van der Waals surface area contributed by atoms with E-state index in [0.29, 0.717) is 38.3 Å². The number of benzene rings is 2. The van der Waals surface area contributed by atoms with Gasteiger partial charge >= 0.3 is 0 Å². The summed E-state index contributed by atoms with van der Waals surface area (Å²) in [7, 11) is -12.3. The number of aromatic nitrogens is 4. The molecule has 2 aromatic carbocycles. The van der Waals surface area contributed by atoms with E-state index in [1.165, 1.54) is 71.7 Å². The minimum Gasteiger partial charge on any atom is -0.537 e. The smallest absolute Gasteiger partial charge is 0.296 e. The fourth-order valence-electron chi connectivity index (χ4n) is 11.7. The quantitative estimate of drug-likeness (QED) is 0.0612. The Bertz CT molecular complexity index is 3700. The SMILES string of the molecule is CC(=O)N1CCN(c2nc(C(=O)NCc3ccc(F)cc3)c(O[Si](C(C)C)(C(C)C)C(C)C)c(=O)n2C)S(=O)(=O)CC1.CC(=O)N1CCNS(=O)(=O)CC1.CC(C)[Si](Oc1c(C(=O)NCc2ccc(F)cc2)nc(Br)n(C)c1=O)(C(C)C)C(C)C.O=S1(=O)CCNCCN1. The molecule has 5 heterocycles. The summed E-state index contributed by atoms with van der Waals surface area (Å²) in [6, 6.07) is 11.4. The van der Waals surface area contributed by atoms with Crippen molar-refractivity contribution in [2.24, 2.45) is 14.1 Å². The molecule has 94 heavy (non-hydrogen) atoms. The number of amides is 4. The molecule has 2 aromatic heterocycles. The van der Waals surface area contributed by atoms with Gasteiger partial charge in [0.15, 0.2) is 16.1 Å². The molecule has 0 radical (unpaired) electrons. The average molecular weight is 1480 g/mol. The van der Waals surface area contributed by atoms with Crippen LogP contribution in [0, 0.1) is 11.6 Å². The van der Waals surface area contributed by atoms with Gasteiger partial charge in [0, 0.05) is 93.4 Å². The molecular weight excluding hydrogens is 1380 g/mol. The van der Waals surface area contributed by atoms with Crippen molar-refractivity contribution in [3.63, 3.8) is 0 Å². The number of halogens is 3. The maximum atomic E-state index is 14.0. The lowest BCUT2D eigenvalue weighted by Gasteiger charge is -2.42. The second kappa shape index (κ2) is 34.8. The molecule has 3 aliphatic rings. The number of hydrogen-bond donors (Lipinski definition) is 5. The van der Waals surface area contributed by atoms with Crippen LogP contribution in [-0.4, -0.2) is 171 Å². The predicted octanol–water partition coefficient (Wildman–Crippen LogP) is 5.85. The van der Waals surface area contributed by atoms with E-state index >= 15 is 0 Å². The molecule has 0 aliphatic carbocycles. The van der Waals surface area contributed by atoms with Gasteiger partial charge in [-0.2, -0.15) is 0 Å². The van der Waals surface area contributed by atoms with Crippen molar-refractivity contribution < 1.29 is 62.1 Å². The van der Waals surface area contributed by atoms with Crippen LogP contribution in [0.4, 0.5) is 14.7 Å². The minimum atomic E-state index is -3.99. The van der Waals surface area contributed by atoms with E-state index in [-0.39, 0.29) is 134 Å². The highest BCUT2D eigenvalue weighted by atomic mass is 79.9. The molecule has 5 N–H and O–H groups in total. The van der Waals surface area contributed by atoms with E-state index in [4.69, 9.17) is 8.85 Å². The summed E-state index contributed by atoms with van der Waals surface area (Å²) in [6.07, 6.45) is 0. The Morgan fingerprint density at radius 2 is 0.936 bits per heavy atom. The summed E-state index contributed by atoms with van der Waals surface area (Å²) in [5.74, 6) is -2.99. The molecule has 0 spiro atoms. The standard InChI is InChI=1S/C28H42FN5O6SSi.C22H31BrFN3O3Si.C6H12N2O3S.C4H10N2O2S/c1-18(2)42(19(3)4,20(5)6)40-25-24(26(36)30-17-22-9-11-23(29)12-10-22)31-28(32(8)27(25)37)34-14-13-33(21(7)35)15-16-41(34,38)39;1-13(2)31(14(3)4,15(5)6)30-19-18(26-22(23)27(7)21(19)29)20(28)25-12-16-8-10-17(24)11-9-16;1-6(9)8-3-2-7-12(10,11)5-4-8;7-9(8)4-3-5-1-2-6-9/h9-12,18-20H,13-17H2,1-8H3,(H,30,36);8-11,13-15H,12H2,1-7H3,(H,25,28);7H,2-5H2,1H3;5-6H,1-4H2. The van der Waals surface area contributed by atoms with Crippen molar-refractivity contribution in [2.45, 2.75) is 143 Å². The normalized spacial score (nSPS) is 16.5. The molecular formula is C60H95BrF2N12O14S3Si2. The Hall–Kier alpha value is -6.02. The van der Waals surface area contributed by atoms with Gasteiger partial charge in [-0.15, -0.1) is 0 Å². The molecule has 26 nitrogen and oxygen atoms in total. The first-order valence-electron chi connectivity index (χ1n) is 31.1. The van der Waals surface area contributed by atoms with E-state index in [0.717, 1.165) is 21.0 Å². The number of carbonyl (C=O) groups excluding carboxylic acids is 4. The fourth-order valence-corrected chi connectivity index (χ4v) is 26.0. The highest BCUT2D eigenvalue weighted by Crippen LogP contribution is 2.44. The third-order valence-corrected chi connectivity index (χ3v) is 33.8. The van der Waals surface area contributed by atoms with Crippen LogP contribution in [-0.2, 0) is 66.8 Å². The molecule has 4 amide bonds. The molecule has 0 saturated carbocycles. The Morgan fingerprint density at radius 1 is 0.543 bits per heavy atom. The van der Waals surface area contributed by atoms with Gasteiger partial charge in [-0.3, -0.25) is 37.9 Å². The van der Waals surface area contributed by atoms with Crippen molar-refractivity contribution in [1.29, 1.82) is 0 Å². The van der Waals surface area contributed by atoms with E-state index in [9.17, 15) is 62.8 Å². The second-order valence-electron chi connectivity index (χ2n) is 24.9. The molecule has 4 aromatic rings. The topological polar surface area (TPSA) is 329 Å². The van der Waals surface area contributed by atoms with Crippen LogP contribution < -0.4 is 49.7 Å². The van der Waals surface area contributed by atoms with Crippen molar-refractivity contribution in [3.05, 3.63) is 108 Å². The molecule has 34 heteroatoms. The summed E-state index contributed by atoms with van der Waals surface area (Å²) in [4.78, 5) is 88.5. The average Bonchev–Trinajstić information content (AvgIpc) is 0.875. The van der Waals surface area contributed by atoms with Crippen LogP contribution in [0.3, 0.4) is 0 Å². The number of nitrogens with zero attached hydrogens (tertiary/aromatic N) is 7. The van der Waals surface area contributed by atoms with Crippen LogP contribution in [0.15, 0.2) is 62.9 Å². The van der Waals surface area contributed by atoms with Crippen molar-refractivity contribution in [2.75, 3.05) is 80.5 Å². The molecule has 0 bridgehead atoms. The number of hydrogen-bond acceptors (Lipinski definition) is 17. The third-order valence-electron chi connectivity index (χ3n) is 16.7. The van der Waals surface area contributed by atoms with Crippen molar-refractivity contribution in [1.82, 2.24) is 54.3 Å². The lowest BCUT2D eigenvalue weighted by molar-refractivity contribution is -0.129.